The summed E-state index contributed by atoms with van der Waals surface area (Å²) in [7, 11) is 0. The quantitative estimate of drug-likeness (QED) is 0.799. The maximum Gasteiger partial charge on any atom is 0.339 e. The molecule has 0 spiro atoms. The van der Waals surface area contributed by atoms with Gasteiger partial charge in [0.05, 0.1) is 6.20 Å². The lowest BCUT2D eigenvalue weighted by molar-refractivity contribution is 0.247. The fourth-order valence-electron chi connectivity index (χ4n) is 1.96. The zero-order valence-electron chi connectivity index (χ0n) is 11.1. The largest absolute Gasteiger partial charge is 0.453 e. The summed E-state index contributed by atoms with van der Waals surface area (Å²) in [6, 6.07) is 18.1. The zero-order valence-corrected chi connectivity index (χ0v) is 11.1. The van der Waals surface area contributed by atoms with Gasteiger partial charge in [-0.05, 0) is 12.1 Å². The smallest absolute Gasteiger partial charge is 0.339 e. The summed E-state index contributed by atoms with van der Waals surface area (Å²) in [6.07, 6.45) is 1.48. The number of carbonyl (C=O) groups excluding carboxylic acids is 1. The van der Waals surface area contributed by atoms with Crippen LogP contribution in [0.3, 0.4) is 0 Å². The fourth-order valence-corrected chi connectivity index (χ4v) is 1.96. The molecular weight excluding hydrogens is 266 g/mol. The highest BCUT2D eigenvalue weighted by Gasteiger charge is 2.15. The molecule has 2 N–H and O–H groups in total. The Kier molecular flexibility index (Phi) is 3.39. The molecule has 0 aliphatic rings. The molecule has 0 bridgehead atoms. The van der Waals surface area contributed by atoms with Crippen LogP contribution in [0.2, 0.25) is 0 Å². The van der Waals surface area contributed by atoms with E-state index in [1.807, 2.05) is 60.7 Å². The molecule has 104 valence electrons. The number of hydrogen-bond donors (Lipinski definition) is 1. The molecule has 0 aliphatic carbocycles. The second-order valence-electron chi connectivity index (χ2n) is 4.41. The van der Waals surface area contributed by atoms with Crippen LogP contribution in [0.25, 0.3) is 11.3 Å². The summed E-state index contributed by atoms with van der Waals surface area (Å²) >= 11 is 0. The molecule has 0 fully saturated rings. The Morgan fingerprint density at radius 1 is 1.00 bits per heavy atom. The van der Waals surface area contributed by atoms with Crippen LogP contribution < -0.4 is 10.5 Å². The highest BCUT2D eigenvalue weighted by atomic mass is 16.5. The number of nitrogens with zero attached hydrogens (tertiary/aromatic N) is 2. The monoisotopic (exact) mass is 279 g/mol. The van der Waals surface area contributed by atoms with Gasteiger partial charge in [-0.25, -0.2) is 4.79 Å². The third-order valence-corrected chi connectivity index (χ3v) is 2.92. The Hall–Kier alpha value is -3.08. The van der Waals surface area contributed by atoms with E-state index in [-0.39, 0.29) is 0 Å². The minimum Gasteiger partial charge on any atom is -0.453 e. The van der Waals surface area contributed by atoms with E-state index in [0.29, 0.717) is 17.2 Å². The van der Waals surface area contributed by atoms with Gasteiger partial charge in [0.1, 0.15) is 11.4 Å². The molecule has 3 aromatic rings. The number of ether oxygens (including phenoxy) is 1. The third kappa shape index (κ3) is 2.76. The summed E-state index contributed by atoms with van der Waals surface area (Å²) in [5.41, 5.74) is 6.69. The van der Waals surface area contributed by atoms with Crippen LogP contribution in [0.5, 0.6) is 11.5 Å². The first-order chi connectivity index (χ1) is 10.2. The molecule has 0 radical (unpaired) electrons. The average Bonchev–Trinajstić information content (AvgIpc) is 2.93. The summed E-state index contributed by atoms with van der Waals surface area (Å²) in [5.74, 6) is 1.14. The highest BCUT2D eigenvalue weighted by molar-refractivity contribution is 5.77. The summed E-state index contributed by atoms with van der Waals surface area (Å²) in [5, 5.41) is 4.19. The molecular formula is C16H13N3O2. The van der Waals surface area contributed by atoms with Crippen molar-refractivity contribution in [1.82, 2.24) is 9.78 Å². The van der Waals surface area contributed by atoms with Crippen LogP contribution in [0.1, 0.15) is 0 Å². The SMILES string of the molecule is NC(=O)n1cc(Oc2ccccc2)c(-c2ccccc2)n1. The van der Waals surface area contributed by atoms with Crippen molar-refractivity contribution in [2.75, 3.05) is 0 Å². The number of benzene rings is 2. The first-order valence-electron chi connectivity index (χ1n) is 6.42. The molecule has 5 heteroatoms. The molecule has 0 saturated heterocycles. The first kappa shape index (κ1) is 12.9. The second kappa shape index (κ2) is 5.50. The molecule has 5 nitrogen and oxygen atoms in total. The molecule has 1 amide bonds. The predicted molar refractivity (Wildman–Crippen MR) is 79.2 cm³/mol. The predicted octanol–water partition coefficient (Wildman–Crippen LogP) is 3.27. The number of para-hydroxylation sites is 1. The van der Waals surface area contributed by atoms with E-state index in [9.17, 15) is 4.79 Å². The lowest BCUT2D eigenvalue weighted by Gasteiger charge is -2.05. The number of carbonyl (C=O) groups is 1. The molecule has 1 heterocycles. The van der Waals surface area contributed by atoms with Crippen molar-refractivity contribution in [2.45, 2.75) is 0 Å². The molecule has 0 saturated carbocycles. The second-order valence-corrected chi connectivity index (χ2v) is 4.41. The van der Waals surface area contributed by atoms with E-state index in [2.05, 4.69) is 5.10 Å². The maximum atomic E-state index is 11.3. The summed E-state index contributed by atoms with van der Waals surface area (Å²) in [4.78, 5) is 11.3. The molecule has 1 aromatic heterocycles. The minimum atomic E-state index is -0.657. The van der Waals surface area contributed by atoms with Crippen molar-refractivity contribution in [3.8, 4) is 22.8 Å². The third-order valence-electron chi connectivity index (χ3n) is 2.92. The number of nitrogens with two attached hydrogens (primary N) is 1. The summed E-state index contributed by atoms with van der Waals surface area (Å²) in [6.45, 7) is 0. The minimum absolute atomic E-state index is 0.478. The standard InChI is InChI=1S/C16H13N3O2/c17-16(20)19-11-14(21-13-9-5-2-6-10-13)15(18-19)12-7-3-1-4-8-12/h1-11H,(H2,17,20). The molecule has 21 heavy (non-hydrogen) atoms. The van der Waals surface area contributed by atoms with Gasteiger partial charge in [-0.2, -0.15) is 9.78 Å². The highest BCUT2D eigenvalue weighted by Crippen LogP contribution is 2.31. The Bertz CT molecular complexity index is 752. The number of aromatic nitrogens is 2. The van der Waals surface area contributed by atoms with Gasteiger partial charge < -0.3 is 10.5 Å². The van der Waals surface area contributed by atoms with Crippen molar-refractivity contribution in [3.05, 3.63) is 66.9 Å². The van der Waals surface area contributed by atoms with Gasteiger partial charge in [-0.3, -0.25) is 0 Å². The van der Waals surface area contributed by atoms with Crippen LogP contribution >= 0.6 is 0 Å². The molecule has 0 unspecified atom stereocenters. The van der Waals surface area contributed by atoms with Crippen LogP contribution in [0, 0.1) is 0 Å². The van der Waals surface area contributed by atoms with Gasteiger partial charge in [-0.1, -0.05) is 48.5 Å². The van der Waals surface area contributed by atoms with Gasteiger partial charge in [0.2, 0.25) is 0 Å². The van der Waals surface area contributed by atoms with Gasteiger partial charge in [-0.15, -0.1) is 0 Å². The molecule has 0 atom stereocenters. The van der Waals surface area contributed by atoms with E-state index in [0.717, 1.165) is 10.2 Å². The Morgan fingerprint density at radius 2 is 1.62 bits per heavy atom. The fraction of sp³-hybridized carbons (Fsp3) is 0. The Balaban J connectivity index is 2.04. The molecule has 2 aromatic carbocycles. The van der Waals surface area contributed by atoms with E-state index in [1.54, 1.807) is 0 Å². The van der Waals surface area contributed by atoms with Gasteiger partial charge in [0.15, 0.2) is 5.75 Å². The van der Waals surface area contributed by atoms with Crippen molar-refractivity contribution >= 4 is 6.03 Å². The zero-order chi connectivity index (χ0) is 14.7. The number of primary amides is 1. The normalized spacial score (nSPS) is 10.3. The van der Waals surface area contributed by atoms with Crippen LogP contribution in [0.4, 0.5) is 4.79 Å². The average molecular weight is 279 g/mol. The Morgan fingerprint density at radius 3 is 2.24 bits per heavy atom. The number of hydrogen-bond acceptors (Lipinski definition) is 3. The molecule has 0 aliphatic heterocycles. The van der Waals surface area contributed by atoms with Crippen molar-refractivity contribution in [2.24, 2.45) is 5.73 Å². The van der Waals surface area contributed by atoms with E-state index < -0.39 is 6.03 Å². The Labute approximate surface area is 121 Å². The van der Waals surface area contributed by atoms with Crippen molar-refractivity contribution in [3.63, 3.8) is 0 Å². The van der Waals surface area contributed by atoms with Crippen LogP contribution in [0.15, 0.2) is 66.9 Å². The van der Waals surface area contributed by atoms with Gasteiger partial charge in [0, 0.05) is 5.56 Å². The van der Waals surface area contributed by atoms with Crippen LogP contribution in [-0.4, -0.2) is 15.8 Å². The lowest BCUT2D eigenvalue weighted by atomic mass is 10.1. The van der Waals surface area contributed by atoms with Gasteiger partial charge in [0.25, 0.3) is 0 Å². The van der Waals surface area contributed by atoms with Crippen molar-refractivity contribution in [1.29, 1.82) is 0 Å². The van der Waals surface area contributed by atoms with Crippen molar-refractivity contribution < 1.29 is 9.53 Å². The molecule has 3 rings (SSSR count). The maximum absolute atomic E-state index is 11.3. The number of rotatable bonds is 3. The summed E-state index contributed by atoms with van der Waals surface area (Å²) < 4.78 is 6.87. The number of amides is 1. The topological polar surface area (TPSA) is 70.1 Å². The van der Waals surface area contributed by atoms with E-state index >= 15 is 0 Å². The van der Waals surface area contributed by atoms with Crippen LogP contribution in [-0.2, 0) is 0 Å². The first-order valence-corrected chi connectivity index (χ1v) is 6.42. The lowest BCUT2D eigenvalue weighted by Crippen LogP contribution is -2.19. The van der Waals surface area contributed by atoms with E-state index in [1.165, 1.54) is 6.20 Å². The van der Waals surface area contributed by atoms with Gasteiger partial charge >= 0.3 is 6.03 Å². The van der Waals surface area contributed by atoms with E-state index in [4.69, 9.17) is 10.5 Å².